The van der Waals surface area contributed by atoms with E-state index >= 15 is 0 Å². The number of carboxylic acids is 1. The lowest BCUT2D eigenvalue weighted by Gasteiger charge is -2.14. The molecule has 44 heavy (non-hydrogen) atoms. The molecule has 1 unspecified atom stereocenters. The number of hydrogen-bond donors (Lipinski definition) is 4. The Balaban J connectivity index is 1.24. The van der Waals surface area contributed by atoms with Crippen LogP contribution in [0.2, 0.25) is 0 Å². The summed E-state index contributed by atoms with van der Waals surface area (Å²) in [5, 5.41) is 10.9. The van der Waals surface area contributed by atoms with Crippen molar-refractivity contribution in [3.05, 3.63) is 45.9 Å². The summed E-state index contributed by atoms with van der Waals surface area (Å²) in [6, 6.07) is 7.37. The number of nitrogens with zero attached hydrogens (tertiary/aromatic N) is 4. The van der Waals surface area contributed by atoms with Crippen LogP contribution in [-0.2, 0) is 37.0 Å². The van der Waals surface area contributed by atoms with Crippen molar-refractivity contribution < 1.29 is 33.8 Å². The fourth-order valence-corrected chi connectivity index (χ4v) is 5.56. The van der Waals surface area contributed by atoms with E-state index in [4.69, 9.17) is 20.3 Å². The number of H-pyrrole nitrogens is 1. The normalized spacial score (nSPS) is 14.8. The van der Waals surface area contributed by atoms with Gasteiger partial charge in [-0.3, -0.25) is 28.6 Å². The average molecular weight is 630 g/mol. The maximum Gasteiger partial charge on any atom is 0.328 e. The van der Waals surface area contributed by atoms with Gasteiger partial charge in [0, 0.05) is 33.0 Å². The number of anilines is 1. The molecule has 2 aromatic heterocycles. The zero-order valence-corrected chi connectivity index (χ0v) is 25.1. The molecular weight excluding hydrogens is 594 g/mol. The van der Waals surface area contributed by atoms with E-state index < -0.39 is 16.9 Å². The highest BCUT2D eigenvalue weighted by Gasteiger charge is 2.38. The molecule has 0 aliphatic carbocycles. The lowest BCUT2D eigenvalue weighted by atomic mass is 10.1. The van der Waals surface area contributed by atoms with Crippen molar-refractivity contribution in [3.63, 3.8) is 0 Å². The molecule has 236 valence electrons. The molecule has 0 spiro atoms. The Labute approximate surface area is 256 Å². The number of carboxylic acid groups (broad SMARTS) is 1. The van der Waals surface area contributed by atoms with Gasteiger partial charge in [-0.1, -0.05) is 30.7 Å². The SMILES string of the molecule is COCCOc1nc(N)c2[nH]c(=O)n(Cc3ccc(CNC(=O)CSC4CC(=O)N(CCCCCC(=O)O)C4=O)cc3)c2n1. The van der Waals surface area contributed by atoms with Gasteiger partial charge in [0.2, 0.25) is 17.7 Å². The van der Waals surface area contributed by atoms with Crippen LogP contribution >= 0.6 is 11.8 Å². The first kappa shape index (κ1) is 32.5. The van der Waals surface area contributed by atoms with Crippen molar-refractivity contribution in [1.29, 1.82) is 0 Å². The Kier molecular flexibility index (Phi) is 11.3. The molecule has 1 aliphatic heterocycles. The summed E-state index contributed by atoms with van der Waals surface area (Å²) in [6.07, 6.45) is 1.77. The number of ether oxygens (including phenoxy) is 2. The number of imidazole rings is 1. The number of fused-ring (bicyclic) bond motifs is 1. The van der Waals surface area contributed by atoms with E-state index in [1.54, 1.807) is 7.11 Å². The van der Waals surface area contributed by atoms with E-state index in [2.05, 4.69) is 20.3 Å². The first-order chi connectivity index (χ1) is 21.2. The van der Waals surface area contributed by atoms with Crippen molar-refractivity contribution in [3.8, 4) is 6.01 Å². The second-order valence-electron chi connectivity index (χ2n) is 10.1. The van der Waals surface area contributed by atoms with E-state index in [-0.39, 0.29) is 74.4 Å². The number of unbranched alkanes of at least 4 members (excludes halogenated alkanes) is 2. The Morgan fingerprint density at radius 2 is 1.86 bits per heavy atom. The van der Waals surface area contributed by atoms with Crippen molar-refractivity contribution in [2.24, 2.45) is 0 Å². The van der Waals surface area contributed by atoms with Gasteiger partial charge in [-0.05, 0) is 24.0 Å². The van der Waals surface area contributed by atoms with E-state index in [0.29, 0.717) is 37.0 Å². The Bertz CT molecular complexity index is 1560. The minimum absolute atomic E-state index is 0.0276. The summed E-state index contributed by atoms with van der Waals surface area (Å²) in [6.45, 7) is 1.30. The molecule has 16 heteroatoms. The van der Waals surface area contributed by atoms with E-state index in [1.165, 1.54) is 9.47 Å². The highest BCUT2D eigenvalue weighted by atomic mass is 32.2. The Hall–Kier alpha value is -4.44. The summed E-state index contributed by atoms with van der Waals surface area (Å²) in [4.78, 5) is 72.8. The summed E-state index contributed by atoms with van der Waals surface area (Å²) in [7, 11) is 1.54. The molecule has 1 saturated heterocycles. The van der Waals surface area contributed by atoms with Gasteiger partial charge in [0.05, 0.1) is 24.2 Å². The van der Waals surface area contributed by atoms with Crippen molar-refractivity contribution in [2.75, 3.05) is 38.4 Å². The van der Waals surface area contributed by atoms with Gasteiger partial charge in [-0.25, -0.2) is 4.79 Å². The van der Waals surface area contributed by atoms with Gasteiger partial charge in [0.15, 0.2) is 11.5 Å². The number of nitrogens with two attached hydrogens (primary N) is 1. The summed E-state index contributed by atoms with van der Waals surface area (Å²) in [5.41, 5.74) is 7.87. The van der Waals surface area contributed by atoms with Gasteiger partial charge in [0.25, 0.3) is 0 Å². The smallest absolute Gasteiger partial charge is 0.328 e. The molecule has 3 heterocycles. The van der Waals surface area contributed by atoms with Crippen molar-refractivity contribution in [1.82, 2.24) is 29.7 Å². The maximum absolute atomic E-state index is 12.6. The lowest BCUT2D eigenvalue weighted by Crippen LogP contribution is -2.33. The molecule has 1 aromatic carbocycles. The van der Waals surface area contributed by atoms with Crippen LogP contribution in [0.15, 0.2) is 29.1 Å². The first-order valence-electron chi connectivity index (χ1n) is 14.1. The van der Waals surface area contributed by atoms with E-state index in [9.17, 15) is 24.0 Å². The number of aromatic amines is 1. The number of nitrogen functional groups attached to an aromatic ring is 1. The number of nitrogens with one attached hydrogen (secondary N) is 2. The number of methoxy groups -OCH3 is 1. The third-order valence-electron chi connectivity index (χ3n) is 6.89. The van der Waals surface area contributed by atoms with Gasteiger partial charge >= 0.3 is 17.7 Å². The largest absolute Gasteiger partial charge is 0.481 e. The number of carbonyl (C=O) groups is 4. The van der Waals surface area contributed by atoms with Gasteiger partial charge in [-0.15, -0.1) is 11.8 Å². The molecule has 0 radical (unpaired) electrons. The number of likely N-dealkylation sites (tertiary alicyclic amines) is 1. The van der Waals surface area contributed by atoms with Crippen LogP contribution in [0.1, 0.15) is 43.2 Å². The third kappa shape index (κ3) is 8.57. The van der Waals surface area contributed by atoms with Gasteiger partial charge in [-0.2, -0.15) is 9.97 Å². The quantitative estimate of drug-likeness (QED) is 0.121. The van der Waals surface area contributed by atoms with Crippen LogP contribution in [-0.4, -0.2) is 91.1 Å². The number of thioether (sulfide) groups is 1. The van der Waals surface area contributed by atoms with Crippen molar-refractivity contribution >= 4 is 52.4 Å². The highest BCUT2D eigenvalue weighted by molar-refractivity contribution is 8.01. The maximum atomic E-state index is 12.6. The number of carbonyl (C=O) groups excluding carboxylic acids is 3. The Morgan fingerprint density at radius 1 is 1.11 bits per heavy atom. The number of rotatable bonds is 17. The third-order valence-corrected chi connectivity index (χ3v) is 8.09. The van der Waals surface area contributed by atoms with Crippen LogP contribution in [0.3, 0.4) is 0 Å². The van der Waals surface area contributed by atoms with Crippen molar-refractivity contribution in [2.45, 2.75) is 50.4 Å². The van der Waals surface area contributed by atoms with Gasteiger partial charge < -0.3 is 30.6 Å². The number of hydrogen-bond acceptors (Lipinski definition) is 11. The molecule has 1 aliphatic rings. The Morgan fingerprint density at radius 3 is 2.59 bits per heavy atom. The first-order valence-corrected chi connectivity index (χ1v) is 15.1. The summed E-state index contributed by atoms with van der Waals surface area (Å²) >= 11 is 1.13. The fourth-order valence-electron chi connectivity index (χ4n) is 4.57. The minimum atomic E-state index is -0.869. The number of aliphatic carboxylic acids is 1. The molecule has 1 atom stereocenters. The molecule has 15 nitrogen and oxygen atoms in total. The highest BCUT2D eigenvalue weighted by Crippen LogP contribution is 2.25. The average Bonchev–Trinajstić information content (AvgIpc) is 3.45. The lowest BCUT2D eigenvalue weighted by molar-refractivity contribution is -0.139. The number of amides is 3. The van der Waals surface area contributed by atoms with Crippen LogP contribution in [0.4, 0.5) is 5.82 Å². The molecule has 3 amide bonds. The monoisotopic (exact) mass is 629 g/mol. The summed E-state index contributed by atoms with van der Waals surface area (Å²) in [5.74, 6) is -1.59. The van der Waals surface area contributed by atoms with E-state index in [0.717, 1.165) is 22.9 Å². The number of imide groups is 1. The predicted octanol–water partition coefficient (Wildman–Crippen LogP) is 0.897. The number of aromatic nitrogens is 4. The topological polar surface area (TPSA) is 212 Å². The van der Waals surface area contributed by atoms with Crippen LogP contribution in [0.5, 0.6) is 6.01 Å². The second-order valence-corrected chi connectivity index (χ2v) is 11.3. The zero-order chi connectivity index (χ0) is 31.6. The molecule has 0 bridgehead atoms. The molecule has 0 saturated carbocycles. The minimum Gasteiger partial charge on any atom is -0.481 e. The fraction of sp³-hybridized carbons (Fsp3) is 0.464. The van der Waals surface area contributed by atoms with Gasteiger partial charge in [0.1, 0.15) is 12.1 Å². The number of benzene rings is 1. The molecule has 5 N–H and O–H groups in total. The summed E-state index contributed by atoms with van der Waals surface area (Å²) < 4.78 is 11.8. The van der Waals surface area contributed by atoms with Crippen LogP contribution in [0.25, 0.3) is 11.2 Å². The molecule has 1 fully saturated rings. The second kappa shape index (κ2) is 15.3. The zero-order valence-electron chi connectivity index (χ0n) is 24.2. The van der Waals surface area contributed by atoms with Crippen LogP contribution < -0.4 is 21.5 Å². The molecule has 4 rings (SSSR count). The predicted molar refractivity (Wildman–Crippen MR) is 161 cm³/mol. The van der Waals surface area contributed by atoms with Crippen LogP contribution in [0, 0.1) is 0 Å². The standard InChI is InChI=1S/C28H35N7O8S/c1-42-11-12-43-27-32-24(29)23-25(33-27)35(28(41)31-23)15-18-8-6-17(7-9-18)14-30-20(36)16-44-19-13-21(37)34(26(19)40)10-4-2-3-5-22(38)39/h6-9,19H,2-5,10-16H2,1H3,(H,30,36)(H,31,41)(H,38,39)(H2,29,32,33). The molecular formula is C28H35N7O8S. The van der Waals surface area contributed by atoms with E-state index in [1.807, 2.05) is 24.3 Å². The molecule has 3 aromatic rings.